The Morgan fingerprint density at radius 3 is 2.11 bits per heavy atom. The molecule has 0 aliphatic rings. The molecule has 1 atom stereocenters. The van der Waals surface area contributed by atoms with E-state index in [2.05, 4.69) is 5.32 Å². The third-order valence-corrected chi connectivity index (χ3v) is 5.41. The molecule has 2 rings (SSSR count). The molecule has 0 radical (unpaired) electrons. The minimum atomic E-state index is -3.91. The lowest BCUT2D eigenvalue weighted by atomic mass is 10.2. The summed E-state index contributed by atoms with van der Waals surface area (Å²) < 4.78 is 51.8. The van der Waals surface area contributed by atoms with Gasteiger partial charge < -0.3 is 10.2 Å². The van der Waals surface area contributed by atoms with Crippen LogP contribution in [0.1, 0.15) is 12.5 Å². The number of hydrogen-bond acceptors (Lipinski definition) is 4. The Labute approximate surface area is 163 Å². The fourth-order valence-electron chi connectivity index (χ4n) is 2.68. The maximum atomic E-state index is 13.6. The molecule has 0 aliphatic heterocycles. The Bertz CT molecular complexity index is 947. The van der Waals surface area contributed by atoms with Crippen LogP contribution in [0, 0.1) is 11.6 Å². The molecule has 1 amide bonds. The summed E-state index contributed by atoms with van der Waals surface area (Å²) in [5.41, 5.74) is 1.72. The van der Waals surface area contributed by atoms with Crippen molar-refractivity contribution in [3.63, 3.8) is 0 Å². The fourth-order valence-corrected chi connectivity index (χ4v) is 3.85. The summed E-state index contributed by atoms with van der Waals surface area (Å²) in [6.07, 6.45) is 0.901. The molecule has 28 heavy (non-hydrogen) atoms. The second-order valence-corrected chi connectivity index (χ2v) is 8.47. The molecule has 0 heterocycles. The van der Waals surface area contributed by atoms with E-state index >= 15 is 0 Å². The van der Waals surface area contributed by atoms with Gasteiger partial charge in [0.15, 0.2) is 11.6 Å². The van der Waals surface area contributed by atoms with Gasteiger partial charge in [0.25, 0.3) is 0 Å². The second-order valence-electron chi connectivity index (χ2n) is 6.61. The average Bonchev–Trinajstić information content (AvgIpc) is 2.61. The van der Waals surface area contributed by atoms with Crippen molar-refractivity contribution in [1.82, 2.24) is 5.32 Å². The summed E-state index contributed by atoms with van der Waals surface area (Å²) in [7, 11) is -0.0856. The molecule has 0 bridgehead atoms. The van der Waals surface area contributed by atoms with Crippen molar-refractivity contribution in [1.29, 1.82) is 0 Å². The van der Waals surface area contributed by atoms with Crippen molar-refractivity contribution < 1.29 is 22.0 Å². The molecule has 0 fully saturated rings. The number of carbonyl (C=O) groups excluding carboxylic acids is 1. The lowest BCUT2D eigenvalue weighted by Crippen LogP contribution is -2.47. The van der Waals surface area contributed by atoms with Crippen molar-refractivity contribution in [2.24, 2.45) is 0 Å². The molecule has 2 aromatic carbocycles. The lowest BCUT2D eigenvalue weighted by Gasteiger charge is -2.28. The number of rotatable bonds is 7. The van der Waals surface area contributed by atoms with Gasteiger partial charge in [0.05, 0.1) is 11.9 Å². The highest BCUT2D eigenvalue weighted by molar-refractivity contribution is 7.92. The molecular formula is C19H23F2N3O3S. The lowest BCUT2D eigenvalue weighted by molar-refractivity contribution is -0.122. The average molecular weight is 411 g/mol. The smallest absolute Gasteiger partial charge is 0.243 e. The summed E-state index contributed by atoms with van der Waals surface area (Å²) in [5.74, 6) is -2.86. The molecule has 0 aromatic heterocycles. The third kappa shape index (κ3) is 5.19. The van der Waals surface area contributed by atoms with E-state index in [-0.39, 0.29) is 12.2 Å². The molecule has 0 spiro atoms. The van der Waals surface area contributed by atoms with Gasteiger partial charge >= 0.3 is 0 Å². The van der Waals surface area contributed by atoms with Crippen molar-refractivity contribution >= 4 is 27.3 Å². The first kappa shape index (κ1) is 21.6. The van der Waals surface area contributed by atoms with Crippen LogP contribution in [0.2, 0.25) is 0 Å². The van der Waals surface area contributed by atoms with E-state index in [1.54, 1.807) is 0 Å². The number of carbonyl (C=O) groups is 1. The van der Waals surface area contributed by atoms with E-state index < -0.39 is 33.6 Å². The first-order valence-electron chi connectivity index (χ1n) is 8.49. The van der Waals surface area contributed by atoms with Gasteiger partial charge in [-0.3, -0.25) is 9.10 Å². The minimum absolute atomic E-state index is 0.126. The summed E-state index contributed by atoms with van der Waals surface area (Å²) in [5, 5.41) is 2.67. The number of hydrogen-bond donors (Lipinski definition) is 1. The number of nitrogens with zero attached hydrogens (tertiary/aromatic N) is 2. The topological polar surface area (TPSA) is 69.7 Å². The van der Waals surface area contributed by atoms with Gasteiger partial charge in [-0.1, -0.05) is 12.1 Å². The van der Waals surface area contributed by atoms with Gasteiger partial charge in [0.2, 0.25) is 15.9 Å². The monoisotopic (exact) mass is 411 g/mol. The van der Waals surface area contributed by atoms with Crippen LogP contribution in [0.25, 0.3) is 0 Å². The zero-order chi connectivity index (χ0) is 21.1. The van der Waals surface area contributed by atoms with E-state index in [0.717, 1.165) is 40.0 Å². The summed E-state index contributed by atoms with van der Waals surface area (Å²) >= 11 is 0. The number of amides is 1. The Kier molecular flexibility index (Phi) is 6.60. The van der Waals surface area contributed by atoms with Crippen molar-refractivity contribution in [2.75, 3.05) is 29.6 Å². The Morgan fingerprint density at radius 1 is 1.04 bits per heavy atom. The van der Waals surface area contributed by atoms with E-state index in [4.69, 9.17) is 0 Å². The van der Waals surface area contributed by atoms with E-state index in [0.29, 0.717) is 0 Å². The molecule has 1 unspecified atom stereocenters. The molecule has 2 aromatic rings. The first-order chi connectivity index (χ1) is 13.0. The van der Waals surface area contributed by atoms with E-state index in [9.17, 15) is 22.0 Å². The molecule has 0 saturated carbocycles. The number of halogens is 2. The molecule has 6 nitrogen and oxygen atoms in total. The number of anilines is 2. The van der Waals surface area contributed by atoms with Gasteiger partial charge in [-0.15, -0.1) is 0 Å². The standard InChI is InChI=1S/C19H23F2N3O3S/c1-13(19(25)22-12-14-5-7-15(8-6-14)23(2)3)24(28(4,26)27)16-9-10-17(20)18(21)11-16/h5-11,13H,12H2,1-4H3,(H,22,25). The highest BCUT2D eigenvalue weighted by Gasteiger charge is 2.29. The van der Waals surface area contributed by atoms with Crippen LogP contribution < -0.4 is 14.5 Å². The highest BCUT2D eigenvalue weighted by Crippen LogP contribution is 2.23. The normalized spacial score (nSPS) is 12.4. The number of nitrogens with one attached hydrogen (secondary N) is 1. The molecule has 0 aliphatic carbocycles. The Balaban J connectivity index is 2.16. The quantitative estimate of drug-likeness (QED) is 0.760. The van der Waals surface area contributed by atoms with Crippen molar-refractivity contribution in [3.8, 4) is 0 Å². The maximum absolute atomic E-state index is 13.6. The largest absolute Gasteiger partial charge is 0.378 e. The second kappa shape index (κ2) is 8.55. The molecule has 0 saturated heterocycles. The summed E-state index contributed by atoms with van der Waals surface area (Å²) in [6, 6.07) is 9.03. The van der Waals surface area contributed by atoms with Crippen LogP contribution in [0.15, 0.2) is 42.5 Å². The Hall–Kier alpha value is -2.68. The van der Waals surface area contributed by atoms with Gasteiger partial charge in [-0.2, -0.15) is 0 Å². The maximum Gasteiger partial charge on any atom is 0.243 e. The van der Waals surface area contributed by atoms with Gasteiger partial charge in [0, 0.05) is 32.4 Å². The zero-order valence-electron chi connectivity index (χ0n) is 16.1. The van der Waals surface area contributed by atoms with E-state index in [1.165, 1.54) is 6.92 Å². The molecular weight excluding hydrogens is 388 g/mol. The SMILES string of the molecule is CC(C(=O)NCc1ccc(N(C)C)cc1)N(c1ccc(F)c(F)c1)S(C)(=O)=O. The van der Waals surface area contributed by atoms with Crippen LogP contribution in [0.5, 0.6) is 0 Å². The van der Waals surface area contributed by atoms with Crippen LogP contribution in [-0.4, -0.2) is 40.7 Å². The molecule has 152 valence electrons. The van der Waals surface area contributed by atoms with Crippen LogP contribution in [0.4, 0.5) is 20.2 Å². The van der Waals surface area contributed by atoms with Crippen molar-refractivity contribution in [3.05, 3.63) is 59.7 Å². The summed E-state index contributed by atoms with van der Waals surface area (Å²) in [4.78, 5) is 14.5. The molecule has 1 N–H and O–H groups in total. The zero-order valence-corrected chi connectivity index (χ0v) is 16.9. The summed E-state index contributed by atoms with van der Waals surface area (Å²) in [6.45, 7) is 1.58. The van der Waals surface area contributed by atoms with Crippen LogP contribution in [-0.2, 0) is 21.4 Å². The first-order valence-corrected chi connectivity index (χ1v) is 10.3. The van der Waals surface area contributed by atoms with Gasteiger partial charge in [0.1, 0.15) is 6.04 Å². The Morgan fingerprint density at radius 2 is 1.61 bits per heavy atom. The van der Waals surface area contributed by atoms with E-state index in [1.807, 2.05) is 43.3 Å². The number of benzene rings is 2. The van der Waals surface area contributed by atoms with Crippen LogP contribution >= 0.6 is 0 Å². The predicted octanol–water partition coefficient (Wildman–Crippen LogP) is 2.50. The van der Waals surface area contributed by atoms with Gasteiger partial charge in [-0.05, 0) is 36.8 Å². The molecule has 9 heteroatoms. The van der Waals surface area contributed by atoms with Crippen molar-refractivity contribution in [2.45, 2.75) is 19.5 Å². The fraction of sp³-hybridized carbons (Fsp3) is 0.316. The predicted molar refractivity (Wildman–Crippen MR) is 106 cm³/mol. The van der Waals surface area contributed by atoms with Crippen LogP contribution in [0.3, 0.4) is 0 Å². The highest BCUT2D eigenvalue weighted by atomic mass is 32.2. The third-order valence-electron chi connectivity index (χ3n) is 4.17. The van der Waals surface area contributed by atoms with Gasteiger partial charge in [-0.25, -0.2) is 17.2 Å². The number of sulfonamides is 1. The minimum Gasteiger partial charge on any atom is -0.378 e.